The molecule has 1 aromatic heterocycles. The van der Waals surface area contributed by atoms with E-state index < -0.39 is 0 Å². The smallest absolute Gasteiger partial charge is 0.266 e. The van der Waals surface area contributed by atoms with Crippen molar-refractivity contribution in [3.05, 3.63) is 48.0 Å². The maximum Gasteiger partial charge on any atom is 0.266 e. The minimum absolute atomic E-state index is 0.208. The van der Waals surface area contributed by atoms with Crippen LogP contribution in [-0.2, 0) is 9.63 Å². The molecule has 1 heterocycles. The topological polar surface area (TPSA) is 82.0 Å². The second-order valence-electron chi connectivity index (χ2n) is 5.55. The lowest BCUT2D eigenvalue weighted by Gasteiger charge is -2.09. The van der Waals surface area contributed by atoms with Gasteiger partial charge in [-0.25, -0.2) is 4.98 Å². The number of ether oxygens (including phenoxy) is 2. The highest BCUT2D eigenvalue weighted by molar-refractivity contribution is 7.22. The van der Waals surface area contributed by atoms with Crippen LogP contribution in [0.1, 0.15) is 12.5 Å². The number of para-hydroxylation sites is 1. The van der Waals surface area contributed by atoms with Gasteiger partial charge in [-0.2, -0.15) is 0 Å². The molecule has 140 valence electrons. The molecular weight excluding hydrogens is 366 g/mol. The predicted octanol–water partition coefficient (Wildman–Crippen LogP) is 3.69. The molecule has 0 spiro atoms. The first-order chi connectivity index (χ1) is 13.1. The number of amides is 1. The van der Waals surface area contributed by atoms with E-state index in [4.69, 9.17) is 14.3 Å². The summed E-state index contributed by atoms with van der Waals surface area (Å²) in [4.78, 5) is 21.5. The van der Waals surface area contributed by atoms with E-state index in [2.05, 4.69) is 15.5 Å². The number of thiazole rings is 1. The Morgan fingerprint density at radius 2 is 1.93 bits per heavy atom. The van der Waals surface area contributed by atoms with Gasteiger partial charge in [0.15, 0.2) is 23.2 Å². The van der Waals surface area contributed by atoms with Gasteiger partial charge in [0, 0.05) is 5.56 Å². The molecule has 2 aromatic carbocycles. The first-order valence-corrected chi connectivity index (χ1v) is 8.96. The summed E-state index contributed by atoms with van der Waals surface area (Å²) in [6.07, 6.45) is 0. The molecule has 3 aromatic rings. The first-order valence-electron chi connectivity index (χ1n) is 8.15. The lowest BCUT2D eigenvalue weighted by atomic mass is 10.1. The summed E-state index contributed by atoms with van der Waals surface area (Å²) in [7, 11) is 3.14. The number of fused-ring (bicyclic) bond motifs is 1. The van der Waals surface area contributed by atoms with Crippen molar-refractivity contribution in [2.75, 3.05) is 26.1 Å². The second-order valence-corrected chi connectivity index (χ2v) is 6.59. The van der Waals surface area contributed by atoms with Crippen LogP contribution in [0, 0.1) is 0 Å². The van der Waals surface area contributed by atoms with Crippen molar-refractivity contribution in [2.45, 2.75) is 6.92 Å². The van der Waals surface area contributed by atoms with Crippen LogP contribution in [-0.4, -0.2) is 37.4 Å². The highest BCUT2D eigenvalue weighted by Crippen LogP contribution is 2.28. The number of oxime groups is 1. The van der Waals surface area contributed by atoms with E-state index in [1.54, 1.807) is 33.3 Å². The van der Waals surface area contributed by atoms with Gasteiger partial charge in [0.25, 0.3) is 5.91 Å². The van der Waals surface area contributed by atoms with E-state index >= 15 is 0 Å². The number of rotatable bonds is 7. The molecule has 1 amide bonds. The van der Waals surface area contributed by atoms with Gasteiger partial charge >= 0.3 is 0 Å². The lowest BCUT2D eigenvalue weighted by molar-refractivity contribution is -0.120. The summed E-state index contributed by atoms with van der Waals surface area (Å²) in [5.41, 5.74) is 2.27. The van der Waals surface area contributed by atoms with Crippen molar-refractivity contribution in [1.82, 2.24) is 4.98 Å². The van der Waals surface area contributed by atoms with E-state index in [0.29, 0.717) is 22.3 Å². The summed E-state index contributed by atoms with van der Waals surface area (Å²) in [5, 5.41) is 7.24. The number of hydrogen-bond acceptors (Lipinski definition) is 7. The van der Waals surface area contributed by atoms with Gasteiger partial charge in [0.05, 0.1) is 30.1 Å². The van der Waals surface area contributed by atoms with E-state index in [9.17, 15) is 4.79 Å². The fourth-order valence-corrected chi connectivity index (χ4v) is 3.26. The predicted molar refractivity (Wildman–Crippen MR) is 106 cm³/mol. The number of nitrogens with zero attached hydrogens (tertiary/aromatic N) is 2. The van der Waals surface area contributed by atoms with Crippen LogP contribution >= 0.6 is 11.3 Å². The third kappa shape index (κ3) is 4.53. The average Bonchev–Trinajstić information content (AvgIpc) is 3.09. The molecule has 1 N–H and O–H groups in total. The third-order valence-corrected chi connectivity index (χ3v) is 4.69. The summed E-state index contributed by atoms with van der Waals surface area (Å²) < 4.78 is 11.5. The van der Waals surface area contributed by atoms with Crippen molar-refractivity contribution in [1.29, 1.82) is 0 Å². The van der Waals surface area contributed by atoms with Crippen molar-refractivity contribution in [2.24, 2.45) is 5.16 Å². The van der Waals surface area contributed by atoms with E-state index in [0.717, 1.165) is 15.8 Å². The van der Waals surface area contributed by atoms with Crippen LogP contribution in [0.2, 0.25) is 0 Å². The van der Waals surface area contributed by atoms with Crippen molar-refractivity contribution in [3.8, 4) is 11.5 Å². The Bertz CT molecular complexity index is 951. The molecule has 27 heavy (non-hydrogen) atoms. The van der Waals surface area contributed by atoms with Gasteiger partial charge in [-0.05, 0) is 37.3 Å². The Morgan fingerprint density at radius 3 is 2.67 bits per heavy atom. The molecule has 0 fully saturated rings. The van der Waals surface area contributed by atoms with Crippen LogP contribution in [0.5, 0.6) is 11.5 Å². The van der Waals surface area contributed by atoms with Gasteiger partial charge < -0.3 is 14.3 Å². The van der Waals surface area contributed by atoms with Crippen LogP contribution in [0.25, 0.3) is 10.2 Å². The van der Waals surface area contributed by atoms with Crippen molar-refractivity contribution in [3.63, 3.8) is 0 Å². The zero-order valence-corrected chi connectivity index (χ0v) is 16.0. The Kier molecular flexibility index (Phi) is 5.87. The van der Waals surface area contributed by atoms with E-state index in [1.807, 2.05) is 30.3 Å². The number of methoxy groups -OCH3 is 2. The Morgan fingerprint density at radius 1 is 1.15 bits per heavy atom. The summed E-state index contributed by atoms with van der Waals surface area (Å²) in [5.74, 6) is 0.904. The van der Waals surface area contributed by atoms with E-state index in [1.165, 1.54) is 11.3 Å². The van der Waals surface area contributed by atoms with Crippen molar-refractivity contribution >= 4 is 38.3 Å². The standard InChI is InChI=1S/C19H19N3O4S/c1-12(13-8-9-15(24-2)16(10-13)25-3)22-26-11-18(23)21-19-20-14-6-4-5-7-17(14)27-19/h4-10H,11H2,1-3H3,(H,20,21,23)/b22-12+. The molecule has 0 aliphatic heterocycles. The van der Waals surface area contributed by atoms with Gasteiger partial charge in [-0.1, -0.05) is 28.6 Å². The molecule has 0 atom stereocenters. The van der Waals surface area contributed by atoms with Gasteiger partial charge in [0.2, 0.25) is 0 Å². The number of nitrogens with one attached hydrogen (secondary N) is 1. The largest absolute Gasteiger partial charge is 0.493 e. The zero-order valence-electron chi connectivity index (χ0n) is 15.2. The monoisotopic (exact) mass is 385 g/mol. The second kappa shape index (κ2) is 8.50. The number of anilines is 1. The number of benzene rings is 2. The lowest BCUT2D eigenvalue weighted by Crippen LogP contribution is -2.17. The maximum atomic E-state index is 12.0. The minimum atomic E-state index is -0.321. The molecule has 7 nitrogen and oxygen atoms in total. The van der Waals surface area contributed by atoms with Gasteiger partial charge in [-0.3, -0.25) is 10.1 Å². The Balaban J connectivity index is 1.58. The molecule has 0 radical (unpaired) electrons. The molecule has 3 rings (SSSR count). The Hall–Kier alpha value is -3.13. The molecule has 0 aliphatic carbocycles. The fourth-order valence-electron chi connectivity index (χ4n) is 2.38. The van der Waals surface area contributed by atoms with Crippen molar-refractivity contribution < 1.29 is 19.1 Å². The number of carbonyl (C=O) groups excluding carboxylic acids is 1. The number of hydrogen-bond donors (Lipinski definition) is 1. The van der Waals surface area contributed by atoms with Crippen LogP contribution in [0.3, 0.4) is 0 Å². The first kappa shape index (κ1) is 18.7. The van der Waals surface area contributed by atoms with Crippen LogP contribution in [0.4, 0.5) is 5.13 Å². The van der Waals surface area contributed by atoms with Crippen LogP contribution in [0.15, 0.2) is 47.6 Å². The summed E-state index contributed by atoms with van der Waals surface area (Å²) in [6, 6.07) is 13.1. The minimum Gasteiger partial charge on any atom is -0.493 e. The quantitative estimate of drug-likeness (QED) is 0.495. The molecule has 0 unspecified atom stereocenters. The third-order valence-electron chi connectivity index (χ3n) is 3.74. The number of carbonyl (C=O) groups is 1. The molecule has 8 heteroatoms. The fraction of sp³-hybridized carbons (Fsp3) is 0.211. The average molecular weight is 385 g/mol. The van der Waals surface area contributed by atoms with Gasteiger partial charge in [0.1, 0.15) is 0 Å². The van der Waals surface area contributed by atoms with Crippen LogP contribution < -0.4 is 14.8 Å². The SMILES string of the molecule is COc1ccc(/C(C)=N/OCC(=O)Nc2nc3ccccc3s2)cc1OC. The maximum absolute atomic E-state index is 12.0. The Labute approximate surface area is 160 Å². The molecule has 0 aliphatic rings. The molecule has 0 saturated carbocycles. The summed E-state index contributed by atoms with van der Waals surface area (Å²) in [6.45, 7) is 1.58. The molecule has 0 bridgehead atoms. The highest BCUT2D eigenvalue weighted by atomic mass is 32.1. The normalized spacial score (nSPS) is 11.3. The molecular formula is C19H19N3O4S. The number of aromatic nitrogens is 1. The summed E-state index contributed by atoms with van der Waals surface area (Å²) >= 11 is 1.41. The zero-order chi connectivity index (χ0) is 19.2. The van der Waals surface area contributed by atoms with Gasteiger partial charge in [-0.15, -0.1) is 0 Å². The van der Waals surface area contributed by atoms with E-state index in [-0.39, 0.29) is 12.5 Å². The molecule has 0 saturated heterocycles. The highest BCUT2D eigenvalue weighted by Gasteiger charge is 2.09.